The Labute approximate surface area is 216 Å². The standard InChI is InChI=1S/C28H25F5N2O3/c1-38-19-5-7-25-20(13-19)26(24(32)14-34-25)22(30)6-4-16-8-10-35(15-21(16)28(36)37)9-2-3-17-11-18(29)12-23(31)27(17)33/h5,7,11-14,16,21-22H,4,6,8-10,15H2,1H3,(H,36,37)/t16-,21+,22-/m0/s1. The van der Waals surface area contributed by atoms with E-state index in [0.717, 1.165) is 12.3 Å². The lowest BCUT2D eigenvalue weighted by Gasteiger charge is -2.35. The second kappa shape index (κ2) is 11.8. The first kappa shape index (κ1) is 27.3. The summed E-state index contributed by atoms with van der Waals surface area (Å²) in [5.74, 6) is -1.09. The van der Waals surface area contributed by atoms with Gasteiger partial charge in [-0.1, -0.05) is 11.8 Å². The van der Waals surface area contributed by atoms with Crippen molar-refractivity contribution in [2.45, 2.75) is 25.4 Å². The summed E-state index contributed by atoms with van der Waals surface area (Å²) in [6, 6.07) is 6.00. The number of carbonyl (C=O) groups is 1. The van der Waals surface area contributed by atoms with Crippen LogP contribution in [-0.2, 0) is 4.79 Å². The fraction of sp³-hybridized carbons (Fsp3) is 0.357. The van der Waals surface area contributed by atoms with E-state index in [-0.39, 0.29) is 37.4 Å². The number of carboxylic acids is 1. The van der Waals surface area contributed by atoms with Crippen molar-refractivity contribution in [3.05, 3.63) is 70.9 Å². The van der Waals surface area contributed by atoms with E-state index in [1.807, 2.05) is 0 Å². The number of alkyl halides is 1. The van der Waals surface area contributed by atoms with Crippen LogP contribution in [0.5, 0.6) is 5.75 Å². The highest BCUT2D eigenvalue weighted by Gasteiger charge is 2.34. The maximum atomic E-state index is 15.4. The zero-order chi connectivity index (χ0) is 27.4. The second-order valence-corrected chi connectivity index (χ2v) is 9.23. The van der Waals surface area contributed by atoms with E-state index in [4.69, 9.17) is 4.74 Å². The topological polar surface area (TPSA) is 62.7 Å². The number of halogens is 5. The summed E-state index contributed by atoms with van der Waals surface area (Å²) in [7, 11) is 1.45. The molecular weight excluding hydrogens is 507 g/mol. The zero-order valence-electron chi connectivity index (χ0n) is 20.5. The maximum absolute atomic E-state index is 15.4. The molecule has 0 spiro atoms. The summed E-state index contributed by atoms with van der Waals surface area (Å²) in [5.41, 5.74) is -0.132. The van der Waals surface area contributed by atoms with Crippen molar-refractivity contribution < 1.29 is 36.6 Å². The van der Waals surface area contributed by atoms with Crippen molar-refractivity contribution in [1.29, 1.82) is 0 Å². The van der Waals surface area contributed by atoms with Gasteiger partial charge in [0.1, 0.15) is 23.6 Å². The molecule has 1 saturated heterocycles. The molecule has 3 atom stereocenters. The smallest absolute Gasteiger partial charge is 0.308 e. The average molecular weight is 533 g/mol. The Morgan fingerprint density at radius 1 is 1.21 bits per heavy atom. The van der Waals surface area contributed by atoms with Crippen molar-refractivity contribution in [3.63, 3.8) is 0 Å². The summed E-state index contributed by atoms with van der Waals surface area (Å²) in [6.45, 7) is 0.634. The molecule has 0 radical (unpaired) electrons. The SMILES string of the molecule is COc1ccc2ncc(F)c([C@@H](F)CC[C@H]3CCN(CC#Cc4cc(F)cc(F)c4F)C[C@H]3C(=O)O)c2c1. The van der Waals surface area contributed by atoms with E-state index in [0.29, 0.717) is 35.7 Å². The molecule has 0 saturated carbocycles. The van der Waals surface area contributed by atoms with Crippen LogP contribution in [0.4, 0.5) is 22.0 Å². The predicted molar refractivity (Wildman–Crippen MR) is 130 cm³/mol. The number of carboxylic acid groups (broad SMARTS) is 1. The number of piperidine rings is 1. The summed E-state index contributed by atoms with van der Waals surface area (Å²) in [4.78, 5) is 17.7. The Morgan fingerprint density at radius 2 is 2.00 bits per heavy atom. The van der Waals surface area contributed by atoms with Gasteiger partial charge in [0, 0.05) is 23.6 Å². The van der Waals surface area contributed by atoms with Crippen LogP contribution in [0.3, 0.4) is 0 Å². The summed E-state index contributed by atoms with van der Waals surface area (Å²) in [5, 5.41) is 10.1. The largest absolute Gasteiger partial charge is 0.497 e. The molecule has 200 valence electrons. The fourth-order valence-electron chi connectivity index (χ4n) is 4.85. The van der Waals surface area contributed by atoms with Gasteiger partial charge in [-0.05, 0) is 56.0 Å². The molecule has 2 heterocycles. The number of hydrogen-bond donors (Lipinski definition) is 1. The number of nitrogens with zero attached hydrogens (tertiary/aromatic N) is 2. The van der Waals surface area contributed by atoms with E-state index in [1.54, 1.807) is 17.0 Å². The third-order valence-corrected chi connectivity index (χ3v) is 6.85. The Hall–Kier alpha value is -3.71. The van der Waals surface area contributed by atoms with E-state index in [1.165, 1.54) is 13.2 Å². The molecule has 1 fully saturated rings. The van der Waals surface area contributed by atoms with Gasteiger partial charge < -0.3 is 9.84 Å². The highest BCUT2D eigenvalue weighted by atomic mass is 19.2. The lowest BCUT2D eigenvalue weighted by atomic mass is 9.81. The molecule has 0 bridgehead atoms. The van der Waals surface area contributed by atoms with Gasteiger partial charge in [-0.15, -0.1) is 0 Å². The Bertz CT molecular complexity index is 1400. The average Bonchev–Trinajstić information content (AvgIpc) is 2.89. The van der Waals surface area contributed by atoms with Crippen LogP contribution in [0.15, 0.2) is 36.5 Å². The quantitative estimate of drug-likeness (QED) is 0.242. The third kappa shape index (κ3) is 6.05. The Balaban J connectivity index is 1.42. The predicted octanol–water partition coefficient (Wildman–Crippen LogP) is 5.67. The Morgan fingerprint density at radius 3 is 2.74 bits per heavy atom. The van der Waals surface area contributed by atoms with Gasteiger partial charge in [0.15, 0.2) is 11.6 Å². The van der Waals surface area contributed by atoms with E-state index >= 15 is 4.39 Å². The monoisotopic (exact) mass is 532 g/mol. The summed E-state index contributed by atoms with van der Waals surface area (Å²) < 4.78 is 75.6. The zero-order valence-corrected chi connectivity index (χ0v) is 20.5. The minimum Gasteiger partial charge on any atom is -0.497 e. The lowest BCUT2D eigenvalue weighted by Crippen LogP contribution is -2.44. The van der Waals surface area contributed by atoms with E-state index in [9.17, 15) is 27.5 Å². The number of aliphatic carboxylic acids is 1. The van der Waals surface area contributed by atoms with Crippen molar-refractivity contribution in [1.82, 2.24) is 9.88 Å². The van der Waals surface area contributed by atoms with Gasteiger partial charge in [0.25, 0.3) is 0 Å². The van der Waals surface area contributed by atoms with Gasteiger partial charge in [-0.25, -0.2) is 22.0 Å². The summed E-state index contributed by atoms with van der Waals surface area (Å²) >= 11 is 0. The normalized spacial score (nSPS) is 18.6. The first-order chi connectivity index (χ1) is 18.2. The Kier molecular flexibility index (Phi) is 8.47. The molecule has 1 N–H and O–H groups in total. The highest BCUT2D eigenvalue weighted by molar-refractivity contribution is 5.84. The molecule has 4 rings (SSSR count). The van der Waals surface area contributed by atoms with E-state index < -0.39 is 46.9 Å². The van der Waals surface area contributed by atoms with Crippen LogP contribution in [0.2, 0.25) is 0 Å². The van der Waals surface area contributed by atoms with E-state index in [2.05, 4.69) is 16.8 Å². The number of methoxy groups -OCH3 is 1. The number of likely N-dealkylation sites (tertiary alicyclic amines) is 1. The van der Waals surface area contributed by atoms with Crippen molar-refractivity contribution in [2.24, 2.45) is 11.8 Å². The number of aromatic nitrogens is 1. The molecule has 5 nitrogen and oxygen atoms in total. The molecule has 1 aliphatic heterocycles. The van der Waals surface area contributed by atoms with Crippen LogP contribution in [-0.4, -0.2) is 47.7 Å². The van der Waals surface area contributed by atoms with Gasteiger partial charge in [-0.3, -0.25) is 14.7 Å². The maximum Gasteiger partial charge on any atom is 0.308 e. The minimum atomic E-state index is -1.67. The van der Waals surface area contributed by atoms with Gasteiger partial charge >= 0.3 is 5.97 Å². The van der Waals surface area contributed by atoms with Crippen molar-refractivity contribution in [2.75, 3.05) is 26.7 Å². The summed E-state index contributed by atoms with van der Waals surface area (Å²) in [6.07, 6.45) is -0.125. The minimum absolute atomic E-state index is 0.0653. The van der Waals surface area contributed by atoms with Gasteiger partial charge in [-0.2, -0.15) is 0 Å². The van der Waals surface area contributed by atoms with Crippen molar-refractivity contribution in [3.8, 4) is 17.6 Å². The number of ether oxygens (including phenoxy) is 1. The van der Waals surface area contributed by atoms with Crippen molar-refractivity contribution >= 4 is 16.9 Å². The number of fused-ring (bicyclic) bond motifs is 1. The van der Waals surface area contributed by atoms with Gasteiger partial charge in [0.05, 0.1) is 36.8 Å². The molecule has 3 aromatic rings. The first-order valence-electron chi connectivity index (χ1n) is 12.0. The number of rotatable bonds is 7. The molecular formula is C28H25F5N2O3. The molecule has 0 unspecified atom stereocenters. The number of benzene rings is 2. The molecule has 0 aliphatic carbocycles. The molecule has 0 amide bonds. The molecule has 38 heavy (non-hydrogen) atoms. The molecule has 10 heteroatoms. The van der Waals surface area contributed by atoms with Crippen LogP contribution < -0.4 is 4.74 Å². The number of hydrogen-bond acceptors (Lipinski definition) is 4. The number of pyridine rings is 1. The molecule has 1 aliphatic rings. The van der Waals surface area contributed by atoms with Crippen LogP contribution in [0.1, 0.15) is 36.6 Å². The second-order valence-electron chi connectivity index (χ2n) is 9.23. The molecule has 2 aromatic carbocycles. The molecule has 1 aromatic heterocycles. The lowest BCUT2D eigenvalue weighted by molar-refractivity contribution is -0.146. The van der Waals surface area contributed by atoms with Crippen LogP contribution in [0, 0.1) is 46.9 Å². The van der Waals surface area contributed by atoms with Gasteiger partial charge in [0.2, 0.25) is 0 Å². The van der Waals surface area contributed by atoms with Crippen LogP contribution >= 0.6 is 0 Å². The first-order valence-corrected chi connectivity index (χ1v) is 12.0. The fourth-order valence-corrected chi connectivity index (χ4v) is 4.85. The van der Waals surface area contributed by atoms with Crippen LogP contribution in [0.25, 0.3) is 10.9 Å². The third-order valence-electron chi connectivity index (χ3n) is 6.85. The highest BCUT2D eigenvalue weighted by Crippen LogP contribution is 2.36.